The van der Waals surface area contributed by atoms with E-state index >= 15 is 4.79 Å². The van der Waals surface area contributed by atoms with Crippen molar-refractivity contribution in [1.29, 1.82) is 0 Å². The third-order valence-corrected chi connectivity index (χ3v) is 11.0. The molecule has 4 aromatic carbocycles. The van der Waals surface area contributed by atoms with Crippen molar-refractivity contribution in [3.63, 3.8) is 0 Å². The van der Waals surface area contributed by atoms with Gasteiger partial charge in [-0.3, -0.25) is 19.4 Å². The van der Waals surface area contributed by atoms with Crippen LogP contribution in [0.5, 0.6) is 0 Å². The molecule has 0 saturated heterocycles. The maximum atomic E-state index is 15.1. The van der Waals surface area contributed by atoms with Crippen molar-refractivity contribution in [2.75, 3.05) is 7.05 Å². The van der Waals surface area contributed by atoms with Crippen molar-refractivity contribution in [1.82, 2.24) is 19.2 Å². The van der Waals surface area contributed by atoms with Crippen molar-refractivity contribution >= 4 is 38.6 Å². The number of aromatic nitrogens is 2. The molecule has 2 atom stereocenters. The largest absolute Gasteiger partial charge is 0.368 e. The highest BCUT2D eigenvalue weighted by molar-refractivity contribution is 7.89. The number of hydrogen-bond acceptors (Lipinski definition) is 6. The van der Waals surface area contributed by atoms with Crippen molar-refractivity contribution < 1.29 is 22.8 Å². The normalized spacial score (nSPS) is 12.6. The van der Waals surface area contributed by atoms with Crippen LogP contribution in [-0.2, 0) is 32.5 Å². The van der Waals surface area contributed by atoms with Gasteiger partial charge in [0, 0.05) is 54.9 Å². The second kappa shape index (κ2) is 15.0. The first-order valence-corrected chi connectivity index (χ1v) is 18.2. The van der Waals surface area contributed by atoms with Crippen LogP contribution >= 0.6 is 0 Å². The minimum absolute atomic E-state index is 0.0570. The average Bonchev–Trinajstić information content (AvgIpc) is 3.56. The smallest absolute Gasteiger partial charge is 0.267 e. The number of aryl methyl sites for hydroxylation is 2. The Hall–Kier alpha value is -6.07. The molecule has 0 spiro atoms. The fraction of sp³-hybridized carbons (Fsp3) is 0.171. The zero-order chi connectivity index (χ0) is 37.0. The summed E-state index contributed by atoms with van der Waals surface area (Å²) in [5.74, 6) is -2.47. The van der Waals surface area contributed by atoms with Gasteiger partial charge in [-0.1, -0.05) is 83.9 Å². The molecule has 3 amide bonds. The Morgan fingerprint density at radius 1 is 0.788 bits per heavy atom. The van der Waals surface area contributed by atoms with Gasteiger partial charge in [0.15, 0.2) is 0 Å². The van der Waals surface area contributed by atoms with E-state index < -0.39 is 39.8 Å². The number of carbonyl (C=O) groups is 3. The molecule has 52 heavy (non-hydrogen) atoms. The summed E-state index contributed by atoms with van der Waals surface area (Å²) in [6.07, 6.45) is 4.85. The maximum absolute atomic E-state index is 15.1. The van der Waals surface area contributed by atoms with Gasteiger partial charge >= 0.3 is 0 Å². The Labute approximate surface area is 303 Å². The van der Waals surface area contributed by atoms with E-state index in [0.717, 1.165) is 33.2 Å². The highest BCUT2D eigenvalue weighted by Crippen LogP contribution is 2.28. The molecule has 0 radical (unpaired) electrons. The van der Waals surface area contributed by atoms with Crippen molar-refractivity contribution in [2.24, 2.45) is 5.73 Å². The second-order valence-electron chi connectivity index (χ2n) is 12.9. The van der Waals surface area contributed by atoms with Gasteiger partial charge in [0.1, 0.15) is 12.1 Å². The number of pyridine rings is 1. The molecule has 2 heterocycles. The first-order chi connectivity index (χ1) is 24.9. The summed E-state index contributed by atoms with van der Waals surface area (Å²) in [5, 5.41) is 0.755. The number of benzene rings is 4. The summed E-state index contributed by atoms with van der Waals surface area (Å²) in [4.78, 5) is 51.1. The fourth-order valence-electron chi connectivity index (χ4n) is 6.52. The van der Waals surface area contributed by atoms with E-state index in [1.165, 1.54) is 36.2 Å². The van der Waals surface area contributed by atoms with Gasteiger partial charge in [0.2, 0.25) is 5.91 Å². The number of fused-ring (bicyclic) bond motifs is 1. The number of aromatic amines is 1. The standard InChI is InChI=1S/C41H39N5O5S/c1-27-20-28(2)22-32(21-27)40(48)45(3)38(23-29-15-17-30(18-16-29)31-10-9-19-43-25-31)41(49)46(52(50,51)34-11-5-4-6-12-34)37(39(42)47)24-33-26-44-36-14-8-7-13-35(33)36/h4-22,25-26,37-38,44H,23-24H2,1-3H3,(H2,42,47)/t37-,38+/m0/s1. The highest BCUT2D eigenvalue weighted by Gasteiger charge is 2.44. The molecular formula is C41H39N5O5S. The van der Waals surface area contributed by atoms with E-state index in [1.807, 2.05) is 80.6 Å². The molecule has 2 aromatic heterocycles. The van der Waals surface area contributed by atoms with E-state index in [1.54, 1.807) is 36.8 Å². The lowest BCUT2D eigenvalue weighted by Gasteiger charge is -2.35. The number of likely N-dealkylation sites (N-methyl/N-ethyl adjacent to an activating group) is 1. The molecule has 0 aliphatic rings. The van der Waals surface area contributed by atoms with Crippen molar-refractivity contribution in [2.45, 2.75) is 43.7 Å². The van der Waals surface area contributed by atoms with Crippen LogP contribution < -0.4 is 5.73 Å². The molecule has 6 aromatic rings. The van der Waals surface area contributed by atoms with Gasteiger partial charge in [0.25, 0.3) is 21.8 Å². The number of nitrogens with zero attached hydrogens (tertiary/aromatic N) is 3. The topological polar surface area (TPSA) is 147 Å². The zero-order valence-corrected chi connectivity index (χ0v) is 29.9. The highest BCUT2D eigenvalue weighted by atomic mass is 32.2. The molecule has 0 unspecified atom stereocenters. The fourth-order valence-corrected chi connectivity index (χ4v) is 8.12. The number of sulfonamides is 1. The van der Waals surface area contributed by atoms with Crippen molar-refractivity contribution in [3.8, 4) is 11.1 Å². The Morgan fingerprint density at radius 3 is 2.12 bits per heavy atom. The minimum atomic E-state index is -4.69. The van der Waals surface area contributed by atoms with Crippen LogP contribution in [0.3, 0.4) is 0 Å². The van der Waals surface area contributed by atoms with Crippen LogP contribution in [0, 0.1) is 13.8 Å². The lowest BCUT2D eigenvalue weighted by atomic mass is 9.98. The number of nitrogens with one attached hydrogen (secondary N) is 1. The molecule has 0 aliphatic carbocycles. The van der Waals surface area contributed by atoms with Crippen LogP contribution in [0.25, 0.3) is 22.0 Å². The Kier molecular flexibility index (Phi) is 10.3. The Morgan fingerprint density at radius 2 is 1.46 bits per heavy atom. The molecule has 0 fully saturated rings. The number of rotatable bonds is 12. The summed E-state index contributed by atoms with van der Waals surface area (Å²) in [6, 6.07) is 28.3. The first-order valence-electron chi connectivity index (χ1n) is 16.8. The molecule has 11 heteroatoms. The van der Waals surface area contributed by atoms with E-state index in [0.29, 0.717) is 21.0 Å². The molecule has 0 aliphatic heterocycles. The summed E-state index contributed by atoms with van der Waals surface area (Å²) in [7, 11) is -3.22. The summed E-state index contributed by atoms with van der Waals surface area (Å²) >= 11 is 0. The number of H-pyrrole nitrogens is 1. The quantitative estimate of drug-likeness (QED) is 0.163. The lowest BCUT2D eigenvalue weighted by molar-refractivity contribution is -0.137. The van der Waals surface area contributed by atoms with Crippen LogP contribution in [0.2, 0.25) is 0 Å². The van der Waals surface area contributed by atoms with Gasteiger partial charge in [-0.05, 0) is 72.5 Å². The predicted molar refractivity (Wildman–Crippen MR) is 201 cm³/mol. The van der Waals surface area contributed by atoms with Gasteiger partial charge in [0.05, 0.1) is 4.90 Å². The first kappa shape index (κ1) is 35.7. The molecule has 6 rings (SSSR count). The van der Waals surface area contributed by atoms with Gasteiger partial charge in [-0.15, -0.1) is 0 Å². The second-order valence-corrected chi connectivity index (χ2v) is 14.7. The van der Waals surface area contributed by atoms with Crippen molar-refractivity contribution in [3.05, 3.63) is 156 Å². The lowest BCUT2D eigenvalue weighted by Crippen LogP contribution is -2.58. The van der Waals surface area contributed by atoms with Crippen LogP contribution in [-0.4, -0.2) is 64.4 Å². The molecule has 10 nitrogen and oxygen atoms in total. The van der Waals surface area contributed by atoms with E-state index in [4.69, 9.17) is 5.73 Å². The summed E-state index contributed by atoms with van der Waals surface area (Å²) in [6.45, 7) is 3.74. The average molecular weight is 714 g/mol. The van der Waals surface area contributed by atoms with Crippen LogP contribution in [0.4, 0.5) is 0 Å². The Balaban J connectivity index is 1.47. The van der Waals surface area contributed by atoms with Gasteiger partial charge in [-0.2, -0.15) is 0 Å². The molecule has 0 saturated carbocycles. The van der Waals surface area contributed by atoms with E-state index in [-0.39, 0.29) is 17.7 Å². The number of carbonyl (C=O) groups excluding carboxylic acids is 3. The minimum Gasteiger partial charge on any atom is -0.368 e. The molecular weight excluding hydrogens is 675 g/mol. The number of nitrogens with two attached hydrogens (primary N) is 1. The van der Waals surface area contributed by atoms with Gasteiger partial charge in [-0.25, -0.2) is 12.7 Å². The maximum Gasteiger partial charge on any atom is 0.267 e. The number of hydrogen-bond donors (Lipinski definition) is 2. The molecule has 264 valence electrons. The molecule has 3 N–H and O–H groups in total. The number of para-hydroxylation sites is 1. The monoisotopic (exact) mass is 713 g/mol. The molecule has 0 bridgehead atoms. The van der Waals surface area contributed by atoms with Crippen LogP contribution in [0.15, 0.2) is 133 Å². The number of primary amides is 1. The zero-order valence-electron chi connectivity index (χ0n) is 29.1. The van der Waals surface area contributed by atoms with E-state index in [9.17, 15) is 18.0 Å². The third-order valence-electron chi connectivity index (χ3n) is 9.14. The SMILES string of the molecule is Cc1cc(C)cc(C(=O)N(C)[C@H](Cc2ccc(-c3cccnc3)cc2)C(=O)N([C@@H](Cc2c[nH]c3ccccc23)C(N)=O)S(=O)(=O)c2ccccc2)c1. The van der Waals surface area contributed by atoms with Crippen LogP contribution in [0.1, 0.15) is 32.6 Å². The van der Waals surface area contributed by atoms with E-state index in [2.05, 4.69) is 9.97 Å². The Bertz CT molecular complexity index is 2320. The number of amides is 3. The van der Waals surface area contributed by atoms with Gasteiger partial charge < -0.3 is 15.6 Å². The summed E-state index contributed by atoms with van der Waals surface area (Å²) in [5.41, 5.74) is 11.9. The summed E-state index contributed by atoms with van der Waals surface area (Å²) < 4.78 is 29.8. The predicted octanol–water partition coefficient (Wildman–Crippen LogP) is 5.84. The third kappa shape index (κ3) is 7.50.